The van der Waals surface area contributed by atoms with E-state index in [2.05, 4.69) is 4.74 Å². The van der Waals surface area contributed by atoms with Crippen LogP contribution >= 0.6 is 0 Å². The van der Waals surface area contributed by atoms with Crippen molar-refractivity contribution in [1.82, 2.24) is 0 Å². The number of methoxy groups -OCH3 is 1. The standard InChI is InChI=1S/C13H19NO4S/c1-5-19(16,17)14(9-13(15)18-4)12-8-6-7-10(2)11(12)3/h6-8H,5,9H2,1-4H3. The van der Waals surface area contributed by atoms with Crippen LogP contribution in [0.2, 0.25) is 0 Å². The van der Waals surface area contributed by atoms with E-state index < -0.39 is 16.0 Å². The number of hydrogen-bond acceptors (Lipinski definition) is 4. The van der Waals surface area contributed by atoms with E-state index in [1.165, 1.54) is 7.11 Å². The smallest absolute Gasteiger partial charge is 0.326 e. The first-order valence-corrected chi connectivity index (χ1v) is 7.57. The predicted molar refractivity (Wildman–Crippen MR) is 74.7 cm³/mol. The maximum absolute atomic E-state index is 12.1. The van der Waals surface area contributed by atoms with Crippen molar-refractivity contribution in [3.8, 4) is 0 Å². The molecule has 0 aliphatic rings. The molecule has 0 bridgehead atoms. The Morgan fingerprint density at radius 2 is 1.95 bits per heavy atom. The van der Waals surface area contributed by atoms with Gasteiger partial charge in [-0.05, 0) is 38.0 Å². The van der Waals surface area contributed by atoms with Gasteiger partial charge in [0.25, 0.3) is 0 Å². The molecule has 0 spiro atoms. The predicted octanol–water partition coefficient (Wildman–Crippen LogP) is 1.63. The van der Waals surface area contributed by atoms with Crippen LogP contribution in [0.1, 0.15) is 18.1 Å². The van der Waals surface area contributed by atoms with Crippen LogP contribution < -0.4 is 4.31 Å². The molecule has 0 fully saturated rings. The van der Waals surface area contributed by atoms with Gasteiger partial charge < -0.3 is 4.74 Å². The average Bonchev–Trinajstić information content (AvgIpc) is 2.39. The number of sulfonamides is 1. The monoisotopic (exact) mass is 285 g/mol. The molecule has 0 radical (unpaired) electrons. The number of ether oxygens (including phenoxy) is 1. The lowest BCUT2D eigenvalue weighted by Gasteiger charge is -2.24. The highest BCUT2D eigenvalue weighted by atomic mass is 32.2. The molecule has 0 atom stereocenters. The van der Waals surface area contributed by atoms with E-state index in [0.29, 0.717) is 5.69 Å². The molecular weight excluding hydrogens is 266 g/mol. The average molecular weight is 285 g/mol. The van der Waals surface area contributed by atoms with Crippen molar-refractivity contribution in [2.24, 2.45) is 0 Å². The summed E-state index contributed by atoms with van der Waals surface area (Å²) in [5, 5.41) is 0. The third-order valence-electron chi connectivity index (χ3n) is 3.05. The van der Waals surface area contributed by atoms with Crippen molar-refractivity contribution in [3.63, 3.8) is 0 Å². The molecule has 5 nitrogen and oxygen atoms in total. The number of hydrogen-bond donors (Lipinski definition) is 0. The Morgan fingerprint density at radius 3 is 2.47 bits per heavy atom. The Morgan fingerprint density at radius 1 is 1.32 bits per heavy atom. The molecule has 106 valence electrons. The van der Waals surface area contributed by atoms with E-state index in [1.54, 1.807) is 19.1 Å². The van der Waals surface area contributed by atoms with Gasteiger partial charge in [-0.25, -0.2) is 8.42 Å². The summed E-state index contributed by atoms with van der Waals surface area (Å²) >= 11 is 0. The van der Waals surface area contributed by atoms with E-state index >= 15 is 0 Å². The van der Waals surface area contributed by atoms with E-state index in [-0.39, 0.29) is 12.3 Å². The summed E-state index contributed by atoms with van der Waals surface area (Å²) < 4.78 is 29.9. The highest BCUT2D eigenvalue weighted by molar-refractivity contribution is 7.92. The molecule has 1 aromatic rings. The normalized spacial score (nSPS) is 11.2. The van der Waals surface area contributed by atoms with Gasteiger partial charge in [-0.1, -0.05) is 12.1 Å². The topological polar surface area (TPSA) is 63.7 Å². The van der Waals surface area contributed by atoms with E-state index in [1.807, 2.05) is 19.9 Å². The highest BCUT2D eigenvalue weighted by Crippen LogP contribution is 2.25. The molecular formula is C13H19NO4S. The maximum atomic E-state index is 12.1. The van der Waals surface area contributed by atoms with Crippen LogP contribution in [0.25, 0.3) is 0 Å². The lowest BCUT2D eigenvalue weighted by molar-refractivity contribution is -0.138. The SMILES string of the molecule is CCS(=O)(=O)N(CC(=O)OC)c1cccc(C)c1C. The second kappa shape index (κ2) is 6.06. The van der Waals surface area contributed by atoms with Gasteiger partial charge >= 0.3 is 5.97 Å². The Labute approximate surface area is 114 Å². The molecule has 0 N–H and O–H groups in total. The number of anilines is 1. The molecule has 0 aliphatic carbocycles. The lowest BCUT2D eigenvalue weighted by atomic mass is 10.1. The molecule has 1 aromatic carbocycles. The molecule has 19 heavy (non-hydrogen) atoms. The molecule has 0 aromatic heterocycles. The fourth-order valence-electron chi connectivity index (χ4n) is 1.68. The molecule has 6 heteroatoms. The largest absolute Gasteiger partial charge is 0.468 e. The summed E-state index contributed by atoms with van der Waals surface area (Å²) in [6.45, 7) is 4.97. The zero-order chi connectivity index (χ0) is 14.6. The molecule has 0 aliphatic heterocycles. The number of carbonyl (C=O) groups is 1. The number of nitrogens with zero attached hydrogens (tertiary/aromatic N) is 1. The number of benzene rings is 1. The van der Waals surface area contributed by atoms with E-state index in [4.69, 9.17) is 0 Å². The van der Waals surface area contributed by atoms with Gasteiger partial charge in [-0.15, -0.1) is 0 Å². The van der Waals surface area contributed by atoms with Crippen molar-refractivity contribution in [2.45, 2.75) is 20.8 Å². The number of esters is 1. The first kappa shape index (κ1) is 15.5. The van der Waals surface area contributed by atoms with Crippen LogP contribution in [0, 0.1) is 13.8 Å². The maximum Gasteiger partial charge on any atom is 0.326 e. The molecule has 0 saturated heterocycles. The molecule has 0 unspecified atom stereocenters. The van der Waals surface area contributed by atoms with Gasteiger partial charge in [0.15, 0.2) is 0 Å². The molecule has 0 heterocycles. The van der Waals surface area contributed by atoms with E-state index in [0.717, 1.165) is 15.4 Å². The molecule has 1 rings (SSSR count). The zero-order valence-electron chi connectivity index (χ0n) is 11.6. The van der Waals surface area contributed by atoms with Gasteiger partial charge in [0.05, 0.1) is 18.6 Å². The minimum atomic E-state index is -3.53. The second-order valence-corrected chi connectivity index (χ2v) is 6.38. The third kappa shape index (κ3) is 3.47. The van der Waals surface area contributed by atoms with Gasteiger partial charge in [0, 0.05) is 0 Å². The fraction of sp³-hybridized carbons (Fsp3) is 0.462. The lowest BCUT2D eigenvalue weighted by Crippen LogP contribution is -2.37. The van der Waals surface area contributed by atoms with Crippen LogP contribution in [0.5, 0.6) is 0 Å². The summed E-state index contributed by atoms with van der Waals surface area (Å²) in [5.41, 5.74) is 2.33. The minimum absolute atomic E-state index is 0.0720. The molecule has 0 saturated carbocycles. The third-order valence-corrected chi connectivity index (χ3v) is 4.77. The van der Waals surface area contributed by atoms with Crippen LogP contribution in [-0.4, -0.2) is 33.8 Å². The quantitative estimate of drug-likeness (QED) is 0.771. The van der Waals surface area contributed by atoms with Crippen molar-refractivity contribution >= 4 is 21.7 Å². The Kier molecular flexibility index (Phi) is 4.94. The summed E-state index contributed by atoms with van der Waals surface area (Å²) in [6.07, 6.45) is 0. The van der Waals surface area contributed by atoms with Crippen LogP contribution in [0.3, 0.4) is 0 Å². The number of rotatable bonds is 5. The Bertz CT molecular complexity index is 566. The van der Waals surface area contributed by atoms with Crippen LogP contribution in [0.15, 0.2) is 18.2 Å². The van der Waals surface area contributed by atoms with Gasteiger partial charge in [-0.3, -0.25) is 9.10 Å². The summed E-state index contributed by atoms with van der Waals surface area (Å²) in [7, 11) is -2.29. The van der Waals surface area contributed by atoms with Gasteiger partial charge in [-0.2, -0.15) is 0 Å². The molecule has 0 amide bonds. The minimum Gasteiger partial charge on any atom is -0.468 e. The van der Waals surface area contributed by atoms with Gasteiger partial charge in [0.1, 0.15) is 6.54 Å². The van der Waals surface area contributed by atoms with Crippen LogP contribution in [-0.2, 0) is 19.6 Å². The van der Waals surface area contributed by atoms with E-state index in [9.17, 15) is 13.2 Å². The van der Waals surface area contributed by atoms with Gasteiger partial charge in [0.2, 0.25) is 10.0 Å². The zero-order valence-corrected chi connectivity index (χ0v) is 12.5. The van der Waals surface area contributed by atoms with Crippen molar-refractivity contribution in [2.75, 3.05) is 23.7 Å². The Balaban J connectivity index is 3.31. The van der Waals surface area contributed by atoms with Crippen molar-refractivity contribution in [3.05, 3.63) is 29.3 Å². The second-order valence-electron chi connectivity index (χ2n) is 4.20. The van der Waals surface area contributed by atoms with Crippen LogP contribution in [0.4, 0.5) is 5.69 Å². The summed E-state index contributed by atoms with van der Waals surface area (Å²) in [6, 6.07) is 5.36. The summed E-state index contributed by atoms with van der Waals surface area (Å²) in [4.78, 5) is 11.4. The first-order valence-electron chi connectivity index (χ1n) is 5.97. The fourth-order valence-corrected chi connectivity index (χ4v) is 2.79. The van der Waals surface area contributed by atoms with Crippen molar-refractivity contribution in [1.29, 1.82) is 0 Å². The van der Waals surface area contributed by atoms with Crippen molar-refractivity contribution < 1.29 is 17.9 Å². The number of aryl methyl sites for hydroxylation is 1. The number of carbonyl (C=O) groups excluding carboxylic acids is 1. The summed E-state index contributed by atoms with van der Waals surface area (Å²) in [5.74, 6) is -0.657. The Hall–Kier alpha value is -1.56. The highest BCUT2D eigenvalue weighted by Gasteiger charge is 2.25. The first-order chi connectivity index (χ1) is 8.83.